The molecule has 0 amide bonds. The molecule has 1 aromatic carbocycles. The van der Waals surface area contributed by atoms with Gasteiger partial charge in [0.1, 0.15) is 5.82 Å². The fourth-order valence-corrected chi connectivity index (χ4v) is 1.47. The molecule has 1 heterocycles. The van der Waals surface area contributed by atoms with E-state index in [0.29, 0.717) is 11.1 Å². The third-order valence-corrected chi connectivity index (χ3v) is 2.26. The molecule has 0 fully saturated rings. The molecule has 0 saturated heterocycles. The van der Waals surface area contributed by atoms with Gasteiger partial charge in [-0.1, -0.05) is 12.1 Å². The van der Waals surface area contributed by atoms with Gasteiger partial charge in [0, 0.05) is 24.4 Å². The summed E-state index contributed by atoms with van der Waals surface area (Å²) >= 11 is 0. The first-order valence-electron chi connectivity index (χ1n) is 4.93. The molecular weight excluding hydrogens is 205 g/mol. The van der Waals surface area contributed by atoms with Crippen LogP contribution < -0.4 is 0 Å². The van der Waals surface area contributed by atoms with Crippen molar-refractivity contribution in [2.45, 2.75) is 6.42 Å². The number of carbonyl (C=O) groups excluding carboxylic acids is 1. The average molecular weight is 215 g/mol. The molecule has 3 heteroatoms. The summed E-state index contributed by atoms with van der Waals surface area (Å²) in [5, 5.41) is 0. The molecule has 0 aliphatic heterocycles. The molecule has 0 spiro atoms. The van der Waals surface area contributed by atoms with E-state index >= 15 is 0 Å². The highest BCUT2D eigenvalue weighted by Gasteiger charge is 2.06. The molecule has 2 aromatic rings. The summed E-state index contributed by atoms with van der Waals surface area (Å²) < 4.78 is 12.9. The highest BCUT2D eigenvalue weighted by atomic mass is 19.1. The minimum atomic E-state index is -0.319. The molecule has 1 aromatic heterocycles. The summed E-state index contributed by atoms with van der Waals surface area (Å²) in [5.41, 5.74) is 1.28. The highest BCUT2D eigenvalue weighted by Crippen LogP contribution is 2.08. The molecule has 0 atom stereocenters. The Morgan fingerprint density at radius 3 is 2.62 bits per heavy atom. The number of benzene rings is 1. The maximum absolute atomic E-state index is 12.9. The number of nitrogens with zero attached hydrogens (tertiary/aromatic N) is 1. The number of rotatable bonds is 3. The van der Waals surface area contributed by atoms with E-state index in [1.807, 2.05) is 0 Å². The van der Waals surface area contributed by atoms with Gasteiger partial charge in [0.05, 0.1) is 0 Å². The topological polar surface area (TPSA) is 30.0 Å². The molecule has 2 rings (SSSR count). The standard InChI is InChI=1S/C13H10FNO/c14-12-3-1-2-10(8-12)9-13(16)11-4-6-15-7-5-11/h1-8H,9H2. The summed E-state index contributed by atoms with van der Waals surface area (Å²) in [6.45, 7) is 0. The van der Waals surface area contributed by atoms with Crippen LogP contribution in [0.1, 0.15) is 15.9 Å². The number of ketones is 1. The lowest BCUT2D eigenvalue weighted by atomic mass is 10.0. The molecule has 0 saturated carbocycles. The van der Waals surface area contributed by atoms with E-state index in [-0.39, 0.29) is 18.0 Å². The monoisotopic (exact) mass is 215 g/mol. The van der Waals surface area contributed by atoms with Crippen LogP contribution in [0.2, 0.25) is 0 Å². The van der Waals surface area contributed by atoms with Gasteiger partial charge in [-0.05, 0) is 29.8 Å². The van der Waals surface area contributed by atoms with Gasteiger partial charge in [0.15, 0.2) is 5.78 Å². The van der Waals surface area contributed by atoms with Crippen molar-refractivity contribution in [2.24, 2.45) is 0 Å². The maximum Gasteiger partial charge on any atom is 0.167 e. The summed E-state index contributed by atoms with van der Waals surface area (Å²) in [4.78, 5) is 15.6. The van der Waals surface area contributed by atoms with Crippen molar-refractivity contribution in [1.29, 1.82) is 0 Å². The minimum Gasteiger partial charge on any atom is -0.294 e. The molecular formula is C13H10FNO. The van der Waals surface area contributed by atoms with Crippen molar-refractivity contribution in [3.05, 3.63) is 65.7 Å². The molecule has 0 unspecified atom stereocenters. The quantitative estimate of drug-likeness (QED) is 0.737. The molecule has 80 valence electrons. The van der Waals surface area contributed by atoms with Crippen molar-refractivity contribution in [1.82, 2.24) is 4.98 Å². The van der Waals surface area contributed by atoms with Gasteiger partial charge in [-0.2, -0.15) is 0 Å². The molecule has 0 radical (unpaired) electrons. The fourth-order valence-electron chi connectivity index (χ4n) is 1.47. The van der Waals surface area contributed by atoms with Crippen LogP contribution in [0.4, 0.5) is 4.39 Å². The molecule has 0 bridgehead atoms. The van der Waals surface area contributed by atoms with Crippen molar-refractivity contribution in [2.75, 3.05) is 0 Å². The summed E-state index contributed by atoms with van der Waals surface area (Å²) in [6.07, 6.45) is 3.35. The molecule has 16 heavy (non-hydrogen) atoms. The van der Waals surface area contributed by atoms with Gasteiger partial charge in [0.25, 0.3) is 0 Å². The van der Waals surface area contributed by atoms with Gasteiger partial charge in [-0.15, -0.1) is 0 Å². The third-order valence-electron chi connectivity index (χ3n) is 2.26. The van der Waals surface area contributed by atoms with E-state index in [2.05, 4.69) is 4.98 Å². The summed E-state index contributed by atoms with van der Waals surface area (Å²) in [7, 11) is 0. The van der Waals surface area contributed by atoms with E-state index in [1.165, 1.54) is 12.1 Å². The summed E-state index contributed by atoms with van der Waals surface area (Å²) in [6, 6.07) is 9.38. The first-order valence-corrected chi connectivity index (χ1v) is 4.93. The zero-order chi connectivity index (χ0) is 11.4. The van der Waals surface area contributed by atoms with E-state index < -0.39 is 0 Å². The molecule has 0 N–H and O–H groups in total. The van der Waals surface area contributed by atoms with Gasteiger partial charge < -0.3 is 0 Å². The minimum absolute atomic E-state index is 0.0343. The lowest BCUT2D eigenvalue weighted by molar-refractivity contribution is 0.0993. The van der Waals surface area contributed by atoms with Crippen LogP contribution in [0.25, 0.3) is 0 Å². The van der Waals surface area contributed by atoms with Crippen LogP contribution >= 0.6 is 0 Å². The molecule has 0 aliphatic carbocycles. The summed E-state index contributed by atoms with van der Waals surface area (Å²) in [5.74, 6) is -0.354. The second-order valence-electron chi connectivity index (χ2n) is 3.47. The Morgan fingerprint density at radius 1 is 1.19 bits per heavy atom. The van der Waals surface area contributed by atoms with Gasteiger partial charge >= 0.3 is 0 Å². The number of hydrogen-bond acceptors (Lipinski definition) is 2. The van der Waals surface area contributed by atoms with Crippen LogP contribution in [0, 0.1) is 5.82 Å². The first-order chi connectivity index (χ1) is 7.75. The maximum atomic E-state index is 12.9. The number of pyridine rings is 1. The van der Waals surface area contributed by atoms with Crippen molar-refractivity contribution >= 4 is 5.78 Å². The fraction of sp³-hybridized carbons (Fsp3) is 0.0769. The second-order valence-corrected chi connectivity index (χ2v) is 3.47. The van der Waals surface area contributed by atoms with Crippen LogP contribution in [0.15, 0.2) is 48.8 Å². The third kappa shape index (κ3) is 2.51. The zero-order valence-electron chi connectivity index (χ0n) is 8.56. The molecule has 2 nitrogen and oxygen atoms in total. The van der Waals surface area contributed by atoms with E-state index in [1.54, 1.807) is 36.7 Å². The Bertz CT molecular complexity index is 496. The average Bonchev–Trinajstić information content (AvgIpc) is 2.30. The number of halogens is 1. The largest absolute Gasteiger partial charge is 0.294 e. The number of aromatic nitrogens is 1. The first kappa shape index (κ1) is 10.5. The zero-order valence-corrected chi connectivity index (χ0v) is 8.56. The smallest absolute Gasteiger partial charge is 0.167 e. The van der Waals surface area contributed by atoms with E-state index in [0.717, 1.165) is 0 Å². The number of Topliss-reactive ketones (excluding diaryl/α,β-unsaturated/α-hetero) is 1. The predicted molar refractivity (Wildman–Crippen MR) is 58.7 cm³/mol. The predicted octanol–water partition coefficient (Wildman–Crippen LogP) is 2.65. The van der Waals surface area contributed by atoms with Crippen molar-refractivity contribution in [3.8, 4) is 0 Å². The Morgan fingerprint density at radius 2 is 1.94 bits per heavy atom. The number of carbonyl (C=O) groups is 1. The molecule has 0 aliphatic rings. The second kappa shape index (κ2) is 4.66. The Kier molecular flexibility index (Phi) is 3.05. The Balaban J connectivity index is 2.14. The van der Waals surface area contributed by atoms with Crippen LogP contribution in [-0.2, 0) is 6.42 Å². The van der Waals surface area contributed by atoms with Crippen LogP contribution in [0.3, 0.4) is 0 Å². The van der Waals surface area contributed by atoms with Crippen molar-refractivity contribution in [3.63, 3.8) is 0 Å². The Labute approximate surface area is 92.8 Å². The van der Waals surface area contributed by atoms with Gasteiger partial charge in [-0.25, -0.2) is 4.39 Å². The van der Waals surface area contributed by atoms with E-state index in [4.69, 9.17) is 0 Å². The lowest BCUT2D eigenvalue weighted by Crippen LogP contribution is -2.03. The van der Waals surface area contributed by atoms with Gasteiger partial charge in [0.2, 0.25) is 0 Å². The van der Waals surface area contributed by atoms with Crippen molar-refractivity contribution < 1.29 is 9.18 Å². The lowest BCUT2D eigenvalue weighted by Gasteiger charge is -2.01. The van der Waals surface area contributed by atoms with Crippen LogP contribution in [-0.4, -0.2) is 10.8 Å². The normalized spacial score (nSPS) is 10.1. The van der Waals surface area contributed by atoms with E-state index in [9.17, 15) is 9.18 Å². The number of hydrogen-bond donors (Lipinski definition) is 0. The SMILES string of the molecule is O=C(Cc1cccc(F)c1)c1ccncc1. The van der Waals surface area contributed by atoms with Crippen LogP contribution in [0.5, 0.6) is 0 Å². The Hall–Kier alpha value is -2.03. The van der Waals surface area contributed by atoms with Gasteiger partial charge in [-0.3, -0.25) is 9.78 Å². The highest BCUT2D eigenvalue weighted by molar-refractivity contribution is 5.97.